The molecule has 0 spiro atoms. The van der Waals surface area contributed by atoms with Gasteiger partial charge in [-0.15, -0.1) is 0 Å². The Bertz CT molecular complexity index is 1270. The van der Waals surface area contributed by atoms with Gasteiger partial charge in [-0.1, -0.05) is 18.2 Å². The number of hydrogen-bond donors (Lipinski definition) is 0. The molecular formula is C27H26CuN2O7. The number of aromatic carboxylic acids is 2. The normalized spacial score (nSPS) is 9.41. The topological polar surface area (TPSA) is 126 Å². The Morgan fingerprint density at radius 3 is 1.43 bits per heavy atom. The SMILES string of the molecule is COc1ccc(C(=O)[O-])cc1.COc1ccc(C(=O)[O-])cc1.Cc1cc(=O)n(-c2ccccc2)n1C.[Cu+2]. The Balaban J connectivity index is 0.000000277. The van der Waals surface area contributed by atoms with Gasteiger partial charge in [0.05, 0.1) is 31.8 Å². The van der Waals surface area contributed by atoms with Crippen molar-refractivity contribution in [1.29, 1.82) is 0 Å². The zero-order valence-electron chi connectivity index (χ0n) is 20.6. The molecule has 0 amide bonds. The van der Waals surface area contributed by atoms with Crippen molar-refractivity contribution >= 4 is 11.9 Å². The van der Waals surface area contributed by atoms with E-state index in [9.17, 15) is 24.6 Å². The Kier molecular flexibility index (Phi) is 12.5. The first-order valence-corrected chi connectivity index (χ1v) is 10.7. The fourth-order valence-corrected chi connectivity index (χ4v) is 2.96. The third kappa shape index (κ3) is 9.03. The summed E-state index contributed by atoms with van der Waals surface area (Å²) in [4.78, 5) is 32.1. The third-order valence-corrected chi connectivity index (χ3v) is 5.00. The average molecular weight is 554 g/mol. The molecule has 0 aliphatic rings. The number of aryl methyl sites for hydroxylation is 1. The van der Waals surface area contributed by atoms with Crippen molar-refractivity contribution in [2.45, 2.75) is 6.92 Å². The van der Waals surface area contributed by atoms with Gasteiger partial charge < -0.3 is 29.3 Å². The van der Waals surface area contributed by atoms with E-state index in [1.54, 1.807) is 35.0 Å². The zero-order valence-corrected chi connectivity index (χ0v) is 21.6. The van der Waals surface area contributed by atoms with E-state index in [2.05, 4.69) is 0 Å². The van der Waals surface area contributed by atoms with Crippen LogP contribution in [0.5, 0.6) is 11.5 Å². The molecule has 10 heteroatoms. The molecule has 9 nitrogen and oxygen atoms in total. The van der Waals surface area contributed by atoms with Crippen LogP contribution in [-0.4, -0.2) is 35.5 Å². The van der Waals surface area contributed by atoms with Gasteiger partial charge in [-0.05, 0) is 78.7 Å². The number of carboxylic acid groups (broad SMARTS) is 2. The van der Waals surface area contributed by atoms with Gasteiger partial charge in [-0.3, -0.25) is 9.48 Å². The number of hydrogen-bond acceptors (Lipinski definition) is 7. The number of methoxy groups -OCH3 is 2. The quantitative estimate of drug-likeness (QED) is 0.344. The third-order valence-electron chi connectivity index (χ3n) is 5.00. The molecule has 3 aromatic carbocycles. The van der Waals surface area contributed by atoms with Crippen LogP contribution in [0, 0.1) is 6.92 Å². The van der Waals surface area contributed by atoms with Crippen LogP contribution in [-0.2, 0) is 24.1 Å². The van der Waals surface area contributed by atoms with Crippen LogP contribution in [0.25, 0.3) is 5.69 Å². The second-order valence-electron chi connectivity index (χ2n) is 7.33. The number of aromatic nitrogens is 2. The van der Waals surface area contributed by atoms with Crippen molar-refractivity contribution in [3.8, 4) is 17.2 Å². The number of nitrogens with zero attached hydrogens (tertiary/aromatic N) is 2. The molecule has 1 heterocycles. The molecule has 0 N–H and O–H groups in total. The molecule has 0 aliphatic heterocycles. The molecular weight excluding hydrogens is 528 g/mol. The van der Waals surface area contributed by atoms with Gasteiger partial charge in [0.1, 0.15) is 11.5 Å². The monoisotopic (exact) mass is 553 g/mol. The molecule has 0 aliphatic carbocycles. The molecule has 0 bridgehead atoms. The summed E-state index contributed by atoms with van der Waals surface area (Å²) in [6.45, 7) is 1.92. The molecule has 1 radical (unpaired) electrons. The fourth-order valence-electron chi connectivity index (χ4n) is 2.96. The molecule has 4 rings (SSSR count). The van der Waals surface area contributed by atoms with E-state index in [-0.39, 0.29) is 33.8 Å². The van der Waals surface area contributed by atoms with Gasteiger partial charge >= 0.3 is 17.1 Å². The first-order chi connectivity index (χ1) is 17.2. The number of carbonyl (C=O) groups is 2. The van der Waals surface area contributed by atoms with Crippen LogP contribution in [0.2, 0.25) is 0 Å². The van der Waals surface area contributed by atoms with E-state index < -0.39 is 11.9 Å². The second kappa shape index (κ2) is 15.0. The predicted octanol–water partition coefficient (Wildman–Crippen LogP) is 1.60. The average Bonchev–Trinajstić information content (AvgIpc) is 3.16. The molecule has 0 unspecified atom stereocenters. The van der Waals surface area contributed by atoms with E-state index in [4.69, 9.17) is 9.47 Å². The second-order valence-corrected chi connectivity index (χ2v) is 7.33. The standard InChI is InChI=1S/C11H12N2O.2C8H8O3.Cu/c1-9-8-11(14)13(12(9)2)10-6-4-3-5-7-10;2*1-11-7-4-2-6(3-5-7)8(9)10;/h3-8H,1-2H3;2*2-5H,1H3,(H,9,10);/q;;;+2/p-2. The maximum absolute atomic E-state index is 11.6. The molecule has 4 aromatic rings. The Hall–Kier alpha value is -4.27. The van der Waals surface area contributed by atoms with E-state index >= 15 is 0 Å². The zero-order chi connectivity index (χ0) is 26.7. The van der Waals surface area contributed by atoms with Crippen LogP contribution in [0.15, 0.2) is 89.7 Å². The van der Waals surface area contributed by atoms with Gasteiger partial charge in [0.25, 0.3) is 5.56 Å². The molecule has 197 valence electrons. The first-order valence-electron chi connectivity index (χ1n) is 10.7. The van der Waals surface area contributed by atoms with Crippen molar-refractivity contribution in [3.63, 3.8) is 0 Å². The summed E-state index contributed by atoms with van der Waals surface area (Å²) in [5.74, 6) is -1.08. The van der Waals surface area contributed by atoms with E-state index in [0.29, 0.717) is 11.5 Å². The molecule has 0 saturated heterocycles. The molecule has 0 atom stereocenters. The van der Waals surface area contributed by atoms with Crippen LogP contribution >= 0.6 is 0 Å². The maximum Gasteiger partial charge on any atom is 2.00 e. The fraction of sp³-hybridized carbons (Fsp3) is 0.148. The largest absolute Gasteiger partial charge is 2.00 e. The molecule has 1 aromatic heterocycles. The van der Waals surface area contributed by atoms with Crippen LogP contribution in [0.3, 0.4) is 0 Å². The predicted molar refractivity (Wildman–Crippen MR) is 130 cm³/mol. The number of carbonyl (C=O) groups excluding carboxylic acids is 2. The Morgan fingerprint density at radius 1 is 0.730 bits per heavy atom. The number of benzene rings is 3. The van der Waals surface area contributed by atoms with Gasteiger partial charge in [0.2, 0.25) is 0 Å². The van der Waals surface area contributed by atoms with Crippen LogP contribution in [0.1, 0.15) is 26.4 Å². The maximum atomic E-state index is 11.6. The van der Waals surface area contributed by atoms with Crippen LogP contribution < -0.4 is 25.2 Å². The van der Waals surface area contributed by atoms with Gasteiger partial charge in [0, 0.05) is 18.8 Å². The smallest absolute Gasteiger partial charge is 0.545 e. The first kappa shape index (κ1) is 30.8. The van der Waals surface area contributed by atoms with Crippen molar-refractivity contribution in [2.75, 3.05) is 14.2 Å². The summed E-state index contributed by atoms with van der Waals surface area (Å²) in [6.07, 6.45) is 0. The summed E-state index contributed by atoms with van der Waals surface area (Å²) >= 11 is 0. The summed E-state index contributed by atoms with van der Waals surface area (Å²) in [6, 6.07) is 23.3. The summed E-state index contributed by atoms with van der Waals surface area (Å²) in [5.41, 5.74) is 2.18. The van der Waals surface area contributed by atoms with Gasteiger partial charge in [0.15, 0.2) is 0 Å². The van der Waals surface area contributed by atoms with Crippen molar-refractivity contribution in [3.05, 3.63) is 112 Å². The number of para-hydroxylation sites is 1. The molecule has 37 heavy (non-hydrogen) atoms. The van der Waals surface area contributed by atoms with Gasteiger partial charge in [-0.2, -0.15) is 0 Å². The van der Waals surface area contributed by atoms with Crippen LogP contribution in [0.4, 0.5) is 0 Å². The summed E-state index contributed by atoms with van der Waals surface area (Å²) < 4.78 is 13.2. The number of carboxylic acids is 2. The minimum Gasteiger partial charge on any atom is -0.545 e. The van der Waals surface area contributed by atoms with E-state index in [0.717, 1.165) is 11.4 Å². The number of rotatable bonds is 5. The Morgan fingerprint density at radius 2 is 1.14 bits per heavy atom. The van der Waals surface area contributed by atoms with E-state index in [1.807, 2.05) is 49.0 Å². The summed E-state index contributed by atoms with van der Waals surface area (Å²) in [7, 11) is 4.92. The molecule has 0 saturated carbocycles. The van der Waals surface area contributed by atoms with Crippen molar-refractivity contribution in [1.82, 2.24) is 9.36 Å². The minimum absolute atomic E-state index is 0. The summed E-state index contributed by atoms with van der Waals surface area (Å²) in [5, 5.41) is 20.5. The van der Waals surface area contributed by atoms with Crippen molar-refractivity contribution in [2.24, 2.45) is 7.05 Å². The van der Waals surface area contributed by atoms with Crippen molar-refractivity contribution < 1.29 is 46.3 Å². The minimum atomic E-state index is -1.17. The molecule has 0 fully saturated rings. The van der Waals surface area contributed by atoms with Gasteiger partial charge in [-0.25, -0.2) is 4.68 Å². The number of ether oxygens (including phenoxy) is 2. The van der Waals surface area contributed by atoms with E-state index in [1.165, 1.54) is 38.5 Å². The Labute approximate surface area is 225 Å².